The Hall–Kier alpha value is -2.09. The third kappa shape index (κ3) is 3.06. The number of aromatic nitrogens is 4. The van der Waals surface area contributed by atoms with Gasteiger partial charge in [0.2, 0.25) is 0 Å². The standard InChI is InChI=1S/C19H26N6O/c1-12(26)19-24-16-11-23-15-3-2-9-22-17(15)18(16)25(19)14-6-4-13(5-7-14)21-10-8-20/h2-3,9,11-14,21,26H,4-8,10,20H2,1H3/t12-,13-,14-/m1/s1. The van der Waals surface area contributed by atoms with Gasteiger partial charge in [-0.05, 0) is 44.7 Å². The number of nitrogens with one attached hydrogen (secondary N) is 1. The maximum atomic E-state index is 10.3. The number of aliphatic hydroxyl groups excluding tert-OH is 1. The molecule has 0 radical (unpaired) electrons. The molecule has 3 heterocycles. The van der Waals surface area contributed by atoms with E-state index in [1.807, 2.05) is 12.1 Å². The lowest BCUT2D eigenvalue weighted by Crippen LogP contribution is -2.36. The van der Waals surface area contributed by atoms with Crippen LogP contribution in [-0.2, 0) is 0 Å². The van der Waals surface area contributed by atoms with E-state index in [1.54, 1.807) is 19.3 Å². The van der Waals surface area contributed by atoms with E-state index in [0.717, 1.165) is 54.3 Å². The molecule has 0 aliphatic heterocycles. The fourth-order valence-electron chi connectivity index (χ4n) is 4.10. The summed E-state index contributed by atoms with van der Waals surface area (Å²) in [5.41, 5.74) is 9.11. The van der Waals surface area contributed by atoms with Crippen molar-refractivity contribution in [3.8, 4) is 0 Å². The molecule has 7 nitrogen and oxygen atoms in total. The fourth-order valence-corrected chi connectivity index (χ4v) is 4.10. The Balaban J connectivity index is 1.76. The molecule has 0 amide bonds. The summed E-state index contributed by atoms with van der Waals surface area (Å²) >= 11 is 0. The van der Waals surface area contributed by atoms with Crippen molar-refractivity contribution < 1.29 is 5.11 Å². The molecular weight excluding hydrogens is 328 g/mol. The van der Waals surface area contributed by atoms with Gasteiger partial charge in [-0.25, -0.2) is 4.98 Å². The summed E-state index contributed by atoms with van der Waals surface area (Å²) < 4.78 is 2.22. The molecule has 1 saturated carbocycles. The number of fused-ring (bicyclic) bond motifs is 3. The van der Waals surface area contributed by atoms with E-state index in [2.05, 4.69) is 24.8 Å². The number of nitrogens with zero attached hydrogens (tertiary/aromatic N) is 4. The summed E-state index contributed by atoms with van der Waals surface area (Å²) in [5.74, 6) is 0.707. The quantitative estimate of drug-likeness (QED) is 0.648. The normalized spacial score (nSPS) is 22.1. The van der Waals surface area contributed by atoms with Crippen LogP contribution in [0.4, 0.5) is 0 Å². The smallest absolute Gasteiger partial charge is 0.138 e. The minimum Gasteiger partial charge on any atom is -0.385 e. The largest absolute Gasteiger partial charge is 0.385 e. The topological polar surface area (TPSA) is 102 Å². The van der Waals surface area contributed by atoms with E-state index in [-0.39, 0.29) is 0 Å². The predicted molar refractivity (Wildman–Crippen MR) is 102 cm³/mol. The number of rotatable bonds is 5. The molecule has 0 saturated heterocycles. The molecular formula is C19H26N6O. The Bertz CT molecular complexity index is 898. The van der Waals surface area contributed by atoms with Crippen LogP contribution in [0, 0.1) is 0 Å². The van der Waals surface area contributed by atoms with Gasteiger partial charge in [0.1, 0.15) is 23.0 Å². The van der Waals surface area contributed by atoms with Gasteiger partial charge >= 0.3 is 0 Å². The molecule has 1 aliphatic rings. The van der Waals surface area contributed by atoms with Gasteiger partial charge in [-0.1, -0.05) is 0 Å². The molecule has 1 aliphatic carbocycles. The van der Waals surface area contributed by atoms with Crippen molar-refractivity contribution in [1.29, 1.82) is 0 Å². The molecule has 0 spiro atoms. The molecule has 3 aromatic heterocycles. The first kappa shape index (κ1) is 17.3. The van der Waals surface area contributed by atoms with Gasteiger partial charge in [-0.2, -0.15) is 0 Å². The van der Waals surface area contributed by atoms with E-state index in [9.17, 15) is 5.11 Å². The van der Waals surface area contributed by atoms with E-state index < -0.39 is 6.10 Å². The number of hydrogen-bond acceptors (Lipinski definition) is 6. The second-order valence-corrected chi connectivity index (χ2v) is 7.13. The zero-order valence-corrected chi connectivity index (χ0v) is 15.1. The molecule has 0 aromatic carbocycles. The average molecular weight is 354 g/mol. The van der Waals surface area contributed by atoms with E-state index >= 15 is 0 Å². The first-order valence-corrected chi connectivity index (χ1v) is 9.42. The van der Waals surface area contributed by atoms with Gasteiger partial charge in [0.25, 0.3) is 0 Å². The van der Waals surface area contributed by atoms with Gasteiger partial charge in [0.15, 0.2) is 0 Å². The lowest BCUT2D eigenvalue weighted by atomic mass is 9.90. The lowest BCUT2D eigenvalue weighted by molar-refractivity contribution is 0.176. The molecule has 4 rings (SSSR count). The maximum Gasteiger partial charge on any atom is 0.138 e. The lowest BCUT2D eigenvalue weighted by Gasteiger charge is -2.31. The van der Waals surface area contributed by atoms with E-state index in [0.29, 0.717) is 24.5 Å². The Labute approximate surface area is 152 Å². The van der Waals surface area contributed by atoms with Crippen molar-refractivity contribution in [3.63, 3.8) is 0 Å². The van der Waals surface area contributed by atoms with Crippen molar-refractivity contribution >= 4 is 22.1 Å². The van der Waals surface area contributed by atoms with E-state index in [4.69, 9.17) is 5.73 Å². The molecule has 1 atom stereocenters. The fraction of sp³-hybridized carbons (Fsp3) is 0.526. The van der Waals surface area contributed by atoms with Crippen molar-refractivity contribution in [2.75, 3.05) is 13.1 Å². The van der Waals surface area contributed by atoms with Crippen molar-refractivity contribution in [2.45, 2.75) is 50.8 Å². The van der Waals surface area contributed by atoms with E-state index in [1.165, 1.54) is 0 Å². The number of nitrogens with two attached hydrogens (primary N) is 1. The maximum absolute atomic E-state index is 10.3. The summed E-state index contributed by atoms with van der Waals surface area (Å²) in [6, 6.07) is 4.70. The molecule has 0 unspecified atom stereocenters. The van der Waals surface area contributed by atoms with Crippen LogP contribution in [0.15, 0.2) is 24.5 Å². The number of imidazole rings is 1. The van der Waals surface area contributed by atoms with Crippen LogP contribution in [0.2, 0.25) is 0 Å². The molecule has 138 valence electrons. The van der Waals surface area contributed by atoms with Gasteiger partial charge in [0.05, 0.1) is 17.2 Å². The molecule has 26 heavy (non-hydrogen) atoms. The SMILES string of the molecule is C[C@@H](O)c1nc2cnc3cccnc3c2n1[C@H]1CC[C@H](NCCN)CC1. The summed E-state index contributed by atoms with van der Waals surface area (Å²) in [6.07, 6.45) is 7.23. The van der Waals surface area contributed by atoms with Gasteiger partial charge in [0, 0.05) is 31.4 Å². The zero-order chi connectivity index (χ0) is 18.1. The highest BCUT2D eigenvalue weighted by molar-refractivity contribution is 5.99. The van der Waals surface area contributed by atoms with Crippen LogP contribution in [0.5, 0.6) is 0 Å². The minimum atomic E-state index is -0.630. The zero-order valence-electron chi connectivity index (χ0n) is 15.1. The first-order chi connectivity index (χ1) is 12.7. The Morgan fingerprint density at radius 1 is 1.27 bits per heavy atom. The third-order valence-corrected chi connectivity index (χ3v) is 5.31. The van der Waals surface area contributed by atoms with Crippen molar-refractivity contribution in [1.82, 2.24) is 24.8 Å². The highest BCUT2D eigenvalue weighted by Crippen LogP contribution is 2.36. The monoisotopic (exact) mass is 354 g/mol. The second kappa shape index (κ2) is 7.26. The Kier molecular flexibility index (Phi) is 4.84. The third-order valence-electron chi connectivity index (χ3n) is 5.31. The Morgan fingerprint density at radius 3 is 2.81 bits per heavy atom. The molecule has 0 bridgehead atoms. The Morgan fingerprint density at radius 2 is 2.08 bits per heavy atom. The van der Waals surface area contributed by atoms with Crippen molar-refractivity contribution in [2.24, 2.45) is 5.73 Å². The average Bonchev–Trinajstić information content (AvgIpc) is 3.07. The highest BCUT2D eigenvalue weighted by Gasteiger charge is 2.28. The molecule has 4 N–H and O–H groups in total. The first-order valence-electron chi connectivity index (χ1n) is 9.42. The second-order valence-electron chi connectivity index (χ2n) is 7.13. The number of pyridine rings is 2. The van der Waals surface area contributed by atoms with Crippen LogP contribution in [0.3, 0.4) is 0 Å². The summed E-state index contributed by atoms with van der Waals surface area (Å²) in [4.78, 5) is 13.7. The molecule has 7 heteroatoms. The van der Waals surface area contributed by atoms with Crippen LogP contribution < -0.4 is 11.1 Å². The summed E-state index contributed by atoms with van der Waals surface area (Å²) in [7, 11) is 0. The van der Waals surface area contributed by atoms with Crippen molar-refractivity contribution in [3.05, 3.63) is 30.4 Å². The molecule has 1 fully saturated rings. The van der Waals surface area contributed by atoms with Crippen LogP contribution in [-0.4, -0.2) is 43.8 Å². The minimum absolute atomic E-state index is 0.313. The van der Waals surface area contributed by atoms with Crippen LogP contribution in [0.25, 0.3) is 22.1 Å². The number of hydrogen-bond donors (Lipinski definition) is 3. The highest BCUT2D eigenvalue weighted by atomic mass is 16.3. The molecule has 3 aromatic rings. The number of aliphatic hydroxyl groups is 1. The van der Waals surface area contributed by atoms with Gasteiger partial charge < -0.3 is 20.7 Å². The van der Waals surface area contributed by atoms with Gasteiger partial charge in [-0.15, -0.1) is 0 Å². The van der Waals surface area contributed by atoms with Crippen LogP contribution in [0.1, 0.15) is 50.6 Å². The van der Waals surface area contributed by atoms with Gasteiger partial charge in [-0.3, -0.25) is 9.97 Å². The van der Waals surface area contributed by atoms with Crippen LogP contribution >= 0.6 is 0 Å². The predicted octanol–water partition coefficient (Wildman–Crippen LogP) is 2.06. The summed E-state index contributed by atoms with van der Waals surface area (Å²) in [5, 5.41) is 13.8. The summed E-state index contributed by atoms with van der Waals surface area (Å²) in [6.45, 7) is 3.31.